The molecule has 3 rings (SSSR count). The highest BCUT2D eigenvalue weighted by Crippen LogP contribution is 2.32. The van der Waals surface area contributed by atoms with Gasteiger partial charge in [-0.15, -0.1) is 0 Å². The maximum absolute atomic E-state index is 11.9. The Kier molecular flexibility index (Phi) is 2.70. The number of rotatable bonds is 1. The monoisotopic (exact) mass is 306 g/mol. The number of nitrogens with one attached hydrogen (secondary N) is 2. The fraction of sp³-hybridized carbons (Fsp3) is 0.231. The van der Waals surface area contributed by atoms with Gasteiger partial charge in [0.1, 0.15) is 0 Å². The van der Waals surface area contributed by atoms with Gasteiger partial charge in [0.15, 0.2) is 0 Å². The number of hydrogen-bond acceptors (Lipinski definition) is 2. The average molecular weight is 307 g/mol. The molecule has 1 atom stereocenters. The van der Waals surface area contributed by atoms with Crippen molar-refractivity contribution in [1.29, 1.82) is 0 Å². The van der Waals surface area contributed by atoms with Crippen molar-refractivity contribution in [2.75, 3.05) is 0 Å². The number of H-pyrrole nitrogens is 1. The SMILES string of the molecule is O=C1CCC(c2cc(Br)cc3cc[nH]c23)C(=O)N1. The molecule has 1 unspecified atom stereocenters. The Labute approximate surface area is 112 Å². The van der Waals surface area contributed by atoms with E-state index in [9.17, 15) is 9.59 Å². The lowest BCUT2D eigenvalue weighted by Crippen LogP contribution is -2.39. The Morgan fingerprint density at radius 3 is 2.89 bits per heavy atom. The molecule has 1 aromatic carbocycles. The fourth-order valence-electron chi connectivity index (χ4n) is 2.43. The number of aromatic nitrogens is 1. The van der Waals surface area contributed by atoms with E-state index < -0.39 is 0 Å². The third-order valence-corrected chi connectivity index (χ3v) is 3.73. The Morgan fingerprint density at radius 2 is 2.11 bits per heavy atom. The number of fused-ring (bicyclic) bond motifs is 1. The molecule has 1 aromatic heterocycles. The van der Waals surface area contributed by atoms with Crippen molar-refractivity contribution in [2.45, 2.75) is 18.8 Å². The summed E-state index contributed by atoms with van der Waals surface area (Å²) in [6.45, 7) is 0. The first kappa shape index (κ1) is 11.5. The Morgan fingerprint density at radius 1 is 1.28 bits per heavy atom. The number of benzene rings is 1. The van der Waals surface area contributed by atoms with Crippen LogP contribution >= 0.6 is 15.9 Å². The molecule has 0 aliphatic carbocycles. The highest BCUT2D eigenvalue weighted by atomic mass is 79.9. The van der Waals surface area contributed by atoms with Crippen LogP contribution in [-0.4, -0.2) is 16.8 Å². The van der Waals surface area contributed by atoms with E-state index >= 15 is 0 Å². The number of hydrogen-bond donors (Lipinski definition) is 2. The molecule has 1 saturated heterocycles. The Bertz CT molecular complexity index is 647. The van der Waals surface area contributed by atoms with Gasteiger partial charge in [-0.1, -0.05) is 15.9 Å². The zero-order valence-corrected chi connectivity index (χ0v) is 11.1. The van der Waals surface area contributed by atoms with Crippen LogP contribution in [0.5, 0.6) is 0 Å². The van der Waals surface area contributed by atoms with E-state index in [4.69, 9.17) is 0 Å². The van der Waals surface area contributed by atoms with Crippen LogP contribution in [-0.2, 0) is 9.59 Å². The van der Waals surface area contributed by atoms with Crippen LogP contribution in [0.2, 0.25) is 0 Å². The summed E-state index contributed by atoms with van der Waals surface area (Å²) >= 11 is 3.45. The first-order chi connectivity index (χ1) is 8.65. The minimum atomic E-state index is -0.263. The summed E-state index contributed by atoms with van der Waals surface area (Å²) in [5, 5.41) is 3.46. The van der Waals surface area contributed by atoms with Crippen molar-refractivity contribution in [2.24, 2.45) is 0 Å². The smallest absolute Gasteiger partial charge is 0.234 e. The molecule has 2 N–H and O–H groups in total. The number of halogens is 1. The molecule has 1 fully saturated rings. The van der Waals surface area contributed by atoms with Gasteiger partial charge >= 0.3 is 0 Å². The van der Waals surface area contributed by atoms with Crippen molar-refractivity contribution in [3.05, 3.63) is 34.4 Å². The van der Waals surface area contributed by atoms with Crippen molar-refractivity contribution < 1.29 is 9.59 Å². The number of carbonyl (C=O) groups is 2. The minimum absolute atomic E-state index is 0.186. The normalized spacial score (nSPS) is 20.2. The van der Waals surface area contributed by atoms with Crippen LogP contribution in [0.4, 0.5) is 0 Å². The van der Waals surface area contributed by atoms with Crippen LogP contribution in [0.1, 0.15) is 24.3 Å². The quantitative estimate of drug-likeness (QED) is 0.795. The second-order valence-electron chi connectivity index (χ2n) is 4.44. The lowest BCUT2D eigenvalue weighted by Gasteiger charge is -2.21. The highest BCUT2D eigenvalue weighted by molar-refractivity contribution is 9.10. The van der Waals surface area contributed by atoms with E-state index in [1.54, 1.807) is 0 Å². The summed E-state index contributed by atoms with van der Waals surface area (Å²) in [7, 11) is 0. The summed E-state index contributed by atoms with van der Waals surface area (Å²) in [6, 6.07) is 5.91. The molecule has 2 aromatic rings. The van der Waals surface area contributed by atoms with E-state index in [0.29, 0.717) is 12.8 Å². The molecule has 2 amide bonds. The van der Waals surface area contributed by atoms with Crippen molar-refractivity contribution in [3.63, 3.8) is 0 Å². The Balaban J connectivity index is 2.11. The molecule has 0 spiro atoms. The second kappa shape index (κ2) is 4.24. The second-order valence-corrected chi connectivity index (χ2v) is 5.36. The number of piperidine rings is 1. The molecule has 1 aliphatic heterocycles. The molecule has 5 heteroatoms. The number of carbonyl (C=O) groups excluding carboxylic acids is 2. The van der Waals surface area contributed by atoms with Gasteiger partial charge in [0.25, 0.3) is 0 Å². The molecule has 4 nitrogen and oxygen atoms in total. The maximum atomic E-state index is 11.9. The summed E-state index contributed by atoms with van der Waals surface area (Å²) in [4.78, 5) is 26.3. The fourth-order valence-corrected chi connectivity index (χ4v) is 2.92. The van der Waals surface area contributed by atoms with E-state index in [-0.39, 0.29) is 17.7 Å². The average Bonchev–Trinajstić information content (AvgIpc) is 2.76. The van der Waals surface area contributed by atoms with Crippen molar-refractivity contribution in [3.8, 4) is 0 Å². The van der Waals surface area contributed by atoms with Gasteiger partial charge in [-0.25, -0.2) is 0 Å². The lowest BCUT2D eigenvalue weighted by molar-refractivity contribution is -0.134. The van der Waals surface area contributed by atoms with Crippen LogP contribution in [0.15, 0.2) is 28.9 Å². The maximum Gasteiger partial charge on any atom is 0.234 e. The molecule has 0 bridgehead atoms. The predicted octanol–water partition coefficient (Wildman–Crippen LogP) is 2.45. The molecule has 92 valence electrons. The molecule has 18 heavy (non-hydrogen) atoms. The lowest BCUT2D eigenvalue weighted by atomic mass is 9.89. The van der Waals surface area contributed by atoms with E-state index in [2.05, 4.69) is 26.2 Å². The van der Waals surface area contributed by atoms with Gasteiger partial charge in [0.2, 0.25) is 11.8 Å². The predicted molar refractivity (Wildman–Crippen MR) is 71.1 cm³/mol. The standard InChI is InChI=1S/C13H11BrN2O2/c14-8-5-7-3-4-15-12(7)10(6-8)9-1-2-11(17)16-13(9)18/h3-6,9,15H,1-2H2,(H,16,17,18). The summed E-state index contributed by atoms with van der Waals surface area (Å²) in [5.41, 5.74) is 1.90. The minimum Gasteiger partial charge on any atom is -0.361 e. The van der Waals surface area contributed by atoms with Gasteiger partial charge in [0, 0.05) is 28.0 Å². The number of amides is 2. The molecular weight excluding hydrogens is 296 g/mol. The van der Waals surface area contributed by atoms with E-state index in [1.165, 1.54) is 0 Å². The van der Waals surface area contributed by atoms with Crippen LogP contribution in [0, 0.1) is 0 Å². The summed E-state index contributed by atoms with van der Waals surface area (Å²) < 4.78 is 0.939. The summed E-state index contributed by atoms with van der Waals surface area (Å²) in [6.07, 6.45) is 2.81. The third kappa shape index (κ3) is 1.84. The molecule has 1 aliphatic rings. The highest BCUT2D eigenvalue weighted by Gasteiger charge is 2.29. The van der Waals surface area contributed by atoms with Gasteiger partial charge in [-0.2, -0.15) is 0 Å². The van der Waals surface area contributed by atoms with Gasteiger partial charge < -0.3 is 4.98 Å². The first-order valence-electron chi connectivity index (χ1n) is 5.75. The summed E-state index contributed by atoms with van der Waals surface area (Å²) in [5.74, 6) is -0.657. The van der Waals surface area contributed by atoms with Gasteiger partial charge in [-0.3, -0.25) is 14.9 Å². The molecule has 0 radical (unpaired) electrons. The van der Waals surface area contributed by atoms with E-state index in [0.717, 1.165) is 20.9 Å². The largest absolute Gasteiger partial charge is 0.361 e. The van der Waals surface area contributed by atoms with Gasteiger partial charge in [-0.05, 0) is 30.2 Å². The zero-order chi connectivity index (χ0) is 12.7. The van der Waals surface area contributed by atoms with E-state index in [1.807, 2.05) is 24.4 Å². The molecule has 2 heterocycles. The van der Waals surface area contributed by atoms with Crippen LogP contribution < -0.4 is 5.32 Å². The van der Waals surface area contributed by atoms with Crippen molar-refractivity contribution >= 4 is 38.6 Å². The Hall–Kier alpha value is -1.62. The first-order valence-corrected chi connectivity index (χ1v) is 6.54. The van der Waals surface area contributed by atoms with Crippen molar-refractivity contribution in [1.82, 2.24) is 10.3 Å². The molecular formula is C13H11BrN2O2. The molecule has 0 saturated carbocycles. The van der Waals surface area contributed by atoms with Crippen LogP contribution in [0.3, 0.4) is 0 Å². The number of imide groups is 1. The third-order valence-electron chi connectivity index (χ3n) is 3.27. The number of aromatic amines is 1. The van der Waals surface area contributed by atoms with Crippen LogP contribution in [0.25, 0.3) is 10.9 Å². The van der Waals surface area contributed by atoms with Gasteiger partial charge in [0.05, 0.1) is 5.92 Å². The topological polar surface area (TPSA) is 62.0 Å². The zero-order valence-electron chi connectivity index (χ0n) is 9.50.